The van der Waals surface area contributed by atoms with E-state index in [1.54, 1.807) is 10.9 Å². The van der Waals surface area contributed by atoms with E-state index in [-0.39, 0.29) is 0 Å². The van der Waals surface area contributed by atoms with Gasteiger partial charge in [-0.2, -0.15) is 5.10 Å². The van der Waals surface area contributed by atoms with Crippen LogP contribution in [-0.4, -0.2) is 14.9 Å². The molecule has 0 saturated carbocycles. The summed E-state index contributed by atoms with van der Waals surface area (Å²) in [6.07, 6.45) is 1.14. The summed E-state index contributed by atoms with van der Waals surface area (Å²) in [4.78, 5) is 0. The van der Waals surface area contributed by atoms with Crippen LogP contribution in [0.3, 0.4) is 0 Å². The summed E-state index contributed by atoms with van der Waals surface area (Å²) >= 11 is 0. The van der Waals surface area contributed by atoms with Gasteiger partial charge < -0.3 is 10.8 Å². The van der Waals surface area contributed by atoms with Crippen LogP contribution in [-0.2, 0) is 13.1 Å². The predicted molar refractivity (Wildman–Crippen MR) is 66.3 cm³/mol. The van der Waals surface area contributed by atoms with E-state index in [1.807, 2.05) is 37.3 Å². The Morgan fingerprint density at radius 2 is 2.24 bits per heavy atom. The van der Waals surface area contributed by atoms with E-state index in [9.17, 15) is 5.11 Å². The Morgan fingerprint density at radius 1 is 1.41 bits per heavy atom. The SMILES string of the molecule is Cc1cccc(C(O)Cn2nccc2CN)c1. The number of aliphatic hydroxyl groups excluding tert-OH is 1. The Hall–Kier alpha value is -1.65. The topological polar surface area (TPSA) is 64.1 Å². The first kappa shape index (κ1) is 11.8. The van der Waals surface area contributed by atoms with Gasteiger partial charge in [0.25, 0.3) is 0 Å². The van der Waals surface area contributed by atoms with Crippen molar-refractivity contribution in [2.24, 2.45) is 5.73 Å². The molecule has 0 spiro atoms. The largest absolute Gasteiger partial charge is 0.386 e. The summed E-state index contributed by atoms with van der Waals surface area (Å²) in [6, 6.07) is 9.72. The number of hydrogen-bond donors (Lipinski definition) is 2. The minimum absolute atomic E-state index is 0.431. The summed E-state index contributed by atoms with van der Waals surface area (Å²) in [7, 11) is 0. The van der Waals surface area contributed by atoms with Crippen LogP contribution in [0.1, 0.15) is 22.9 Å². The molecule has 90 valence electrons. The van der Waals surface area contributed by atoms with Crippen molar-refractivity contribution in [2.75, 3.05) is 0 Å². The van der Waals surface area contributed by atoms with Crippen LogP contribution in [0.15, 0.2) is 36.5 Å². The van der Waals surface area contributed by atoms with Crippen molar-refractivity contribution in [3.05, 3.63) is 53.3 Å². The van der Waals surface area contributed by atoms with Gasteiger partial charge in [-0.05, 0) is 18.6 Å². The number of nitrogens with two attached hydrogens (primary N) is 1. The molecule has 4 nitrogen and oxygen atoms in total. The molecule has 1 atom stereocenters. The maximum absolute atomic E-state index is 10.1. The van der Waals surface area contributed by atoms with Crippen molar-refractivity contribution in [2.45, 2.75) is 26.1 Å². The smallest absolute Gasteiger partial charge is 0.0986 e. The number of hydrogen-bond acceptors (Lipinski definition) is 3. The molecule has 1 unspecified atom stereocenters. The number of rotatable bonds is 4. The van der Waals surface area contributed by atoms with E-state index in [1.165, 1.54) is 0 Å². The van der Waals surface area contributed by atoms with E-state index in [2.05, 4.69) is 5.10 Å². The normalized spacial score (nSPS) is 12.6. The number of nitrogens with zero attached hydrogens (tertiary/aromatic N) is 2. The third kappa shape index (κ3) is 2.72. The third-order valence-electron chi connectivity index (χ3n) is 2.79. The Kier molecular flexibility index (Phi) is 3.56. The minimum atomic E-state index is -0.555. The molecule has 4 heteroatoms. The van der Waals surface area contributed by atoms with Crippen LogP contribution in [0.5, 0.6) is 0 Å². The number of aryl methyl sites for hydroxylation is 1. The number of benzene rings is 1. The van der Waals surface area contributed by atoms with Gasteiger partial charge in [0.15, 0.2) is 0 Å². The molecule has 0 fully saturated rings. The molecule has 2 rings (SSSR count). The zero-order chi connectivity index (χ0) is 12.3. The molecule has 17 heavy (non-hydrogen) atoms. The molecule has 0 aliphatic carbocycles. The van der Waals surface area contributed by atoms with E-state index >= 15 is 0 Å². The van der Waals surface area contributed by atoms with E-state index < -0.39 is 6.10 Å². The summed E-state index contributed by atoms with van der Waals surface area (Å²) in [5.74, 6) is 0. The highest BCUT2D eigenvalue weighted by molar-refractivity contribution is 5.24. The second-order valence-corrected chi connectivity index (χ2v) is 4.14. The zero-order valence-corrected chi connectivity index (χ0v) is 9.87. The molecule has 3 N–H and O–H groups in total. The fourth-order valence-electron chi connectivity index (χ4n) is 1.84. The highest BCUT2D eigenvalue weighted by Crippen LogP contribution is 2.16. The maximum Gasteiger partial charge on any atom is 0.0986 e. The summed E-state index contributed by atoms with van der Waals surface area (Å²) in [5.41, 5.74) is 8.56. The minimum Gasteiger partial charge on any atom is -0.386 e. The second-order valence-electron chi connectivity index (χ2n) is 4.14. The molecule has 0 bridgehead atoms. The van der Waals surface area contributed by atoms with Gasteiger partial charge in [0.1, 0.15) is 0 Å². The van der Waals surface area contributed by atoms with Crippen molar-refractivity contribution in [1.82, 2.24) is 9.78 Å². The highest BCUT2D eigenvalue weighted by atomic mass is 16.3. The van der Waals surface area contributed by atoms with Gasteiger partial charge in [-0.25, -0.2) is 0 Å². The number of aliphatic hydroxyl groups is 1. The molecule has 1 aromatic carbocycles. The van der Waals surface area contributed by atoms with Crippen molar-refractivity contribution in [3.8, 4) is 0 Å². The Morgan fingerprint density at radius 3 is 2.94 bits per heavy atom. The van der Waals surface area contributed by atoms with Crippen LogP contribution >= 0.6 is 0 Å². The van der Waals surface area contributed by atoms with Crippen LogP contribution in [0.4, 0.5) is 0 Å². The van der Waals surface area contributed by atoms with Crippen molar-refractivity contribution in [1.29, 1.82) is 0 Å². The zero-order valence-electron chi connectivity index (χ0n) is 9.87. The van der Waals surface area contributed by atoms with Crippen LogP contribution in [0, 0.1) is 6.92 Å². The summed E-state index contributed by atoms with van der Waals surface area (Å²) in [5, 5.41) is 14.3. The molecule has 2 aromatic rings. The van der Waals surface area contributed by atoms with Gasteiger partial charge in [0, 0.05) is 12.7 Å². The van der Waals surface area contributed by atoms with Crippen LogP contribution < -0.4 is 5.73 Å². The predicted octanol–water partition coefficient (Wildman–Crippen LogP) is 1.38. The first-order valence-electron chi connectivity index (χ1n) is 5.66. The Bertz CT molecular complexity index is 493. The Balaban J connectivity index is 2.14. The van der Waals surface area contributed by atoms with Gasteiger partial charge in [0.05, 0.1) is 18.3 Å². The van der Waals surface area contributed by atoms with E-state index in [4.69, 9.17) is 5.73 Å². The molecule has 0 aliphatic heterocycles. The van der Waals surface area contributed by atoms with Crippen molar-refractivity contribution >= 4 is 0 Å². The van der Waals surface area contributed by atoms with Crippen LogP contribution in [0.25, 0.3) is 0 Å². The molecule has 0 aliphatic rings. The molecular formula is C13H17N3O. The molecule has 1 aromatic heterocycles. The van der Waals surface area contributed by atoms with E-state index in [0.29, 0.717) is 13.1 Å². The lowest BCUT2D eigenvalue weighted by atomic mass is 10.1. The highest BCUT2D eigenvalue weighted by Gasteiger charge is 2.10. The van der Waals surface area contributed by atoms with Gasteiger partial charge in [-0.15, -0.1) is 0 Å². The second kappa shape index (κ2) is 5.12. The lowest BCUT2D eigenvalue weighted by Gasteiger charge is -2.13. The third-order valence-corrected chi connectivity index (χ3v) is 2.79. The Labute approximate surface area is 101 Å². The molecule has 1 heterocycles. The monoisotopic (exact) mass is 231 g/mol. The van der Waals surface area contributed by atoms with E-state index in [0.717, 1.165) is 16.8 Å². The van der Waals surface area contributed by atoms with Crippen LogP contribution in [0.2, 0.25) is 0 Å². The lowest BCUT2D eigenvalue weighted by Crippen LogP contribution is -2.14. The quantitative estimate of drug-likeness (QED) is 0.835. The standard InChI is InChI=1S/C13H17N3O/c1-10-3-2-4-11(7-10)13(17)9-16-12(8-14)5-6-15-16/h2-7,13,17H,8-9,14H2,1H3. The molecular weight excluding hydrogens is 214 g/mol. The fourth-order valence-corrected chi connectivity index (χ4v) is 1.84. The van der Waals surface area contributed by atoms with Gasteiger partial charge in [-0.1, -0.05) is 29.8 Å². The molecule has 0 amide bonds. The van der Waals surface area contributed by atoms with Gasteiger partial charge in [-0.3, -0.25) is 4.68 Å². The van der Waals surface area contributed by atoms with Gasteiger partial charge in [0.2, 0.25) is 0 Å². The van der Waals surface area contributed by atoms with Gasteiger partial charge >= 0.3 is 0 Å². The first-order valence-corrected chi connectivity index (χ1v) is 5.66. The first-order chi connectivity index (χ1) is 8.20. The van der Waals surface area contributed by atoms with Crippen molar-refractivity contribution < 1.29 is 5.11 Å². The average molecular weight is 231 g/mol. The summed E-state index contributed by atoms with van der Waals surface area (Å²) in [6.45, 7) is 2.87. The molecule has 0 radical (unpaired) electrons. The summed E-state index contributed by atoms with van der Waals surface area (Å²) < 4.78 is 1.74. The fraction of sp³-hybridized carbons (Fsp3) is 0.308. The van der Waals surface area contributed by atoms with Crippen molar-refractivity contribution in [3.63, 3.8) is 0 Å². The molecule has 0 saturated heterocycles. The maximum atomic E-state index is 10.1. The number of aromatic nitrogens is 2. The average Bonchev–Trinajstić information content (AvgIpc) is 2.76. The lowest BCUT2D eigenvalue weighted by molar-refractivity contribution is 0.150.